The van der Waals surface area contributed by atoms with E-state index in [9.17, 15) is 5.11 Å². The second-order valence-electron chi connectivity index (χ2n) is 6.17. The van der Waals surface area contributed by atoms with E-state index >= 15 is 0 Å². The number of hydrogen-bond acceptors (Lipinski definition) is 3. The predicted molar refractivity (Wildman–Crippen MR) is 64.2 cm³/mol. The van der Waals surface area contributed by atoms with Gasteiger partial charge in [0.2, 0.25) is 0 Å². The molecule has 0 aromatic rings. The van der Waals surface area contributed by atoms with Crippen molar-refractivity contribution in [2.45, 2.75) is 37.8 Å². The maximum atomic E-state index is 9.86. The third-order valence-corrected chi connectivity index (χ3v) is 5.12. The largest absolute Gasteiger partial charge is 0.390 e. The summed E-state index contributed by atoms with van der Waals surface area (Å²) in [5.41, 5.74) is 0. The number of aliphatic hydroxyl groups is 1. The highest BCUT2D eigenvalue weighted by Crippen LogP contribution is 2.48. The summed E-state index contributed by atoms with van der Waals surface area (Å²) in [6, 6.07) is 0.346. The van der Waals surface area contributed by atoms with Crippen LogP contribution in [0.3, 0.4) is 0 Å². The Hall–Kier alpha value is -0.120. The van der Waals surface area contributed by atoms with E-state index in [4.69, 9.17) is 0 Å². The molecule has 2 aliphatic carbocycles. The number of hydrogen-bond donors (Lipinski definition) is 2. The van der Waals surface area contributed by atoms with Gasteiger partial charge in [-0.3, -0.25) is 4.90 Å². The van der Waals surface area contributed by atoms with E-state index in [-0.39, 0.29) is 6.10 Å². The Balaban J connectivity index is 1.54. The molecule has 3 heteroatoms. The minimum atomic E-state index is -0.163. The van der Waals surface area contributed by atoms with E-state index in [1.807, 2.05) is 0 Å². The van der Waals surface area contributed by atoms with Gasteiger partial charge in [-0.15, -0.1) is 0 Å². The normalized spacial score (nSPS) is 47.1. The second kappa shape index (κ2) is 4.28. The van der Waals surface area contributed by atoms with Crippen molar-refractivity contribution in [3.8, 4) is 0 Å². The number of fused-ring (bicyclic) bond motifs is 2. The lowest BCUT2D eigenvalue weighted by Gasteiger charge is -2.32. The molecule has 1 aliphatic heterocycles. The molecule has 5 unspecified atom stereocenters. The van der Waals surface area contributed by atoms with Gasteiger partial charge >= 0.3 is 0 Å². The summed E-state index contributed by atoms with van der Waals surface area (Å²) in [7, 11) is 2.19. The number of likely N-dealkylation sites (N-methyl/N-ethyl adjacent to an activating group) is 1. The summed E-state index contributed by atoms with van der Waals surface area (Å²) in [4.78, 5) is 2.40. The molecule has 2 N–H and O–H groups in total. The average molecular weight is 224 g/mol. The maximum Gasteiger partial charge on any atom is 0.0831 e. The fourth-order valence-electron chi connectivity index (χ4n) is 4.21. The summed E-state index contributed by atoms with van der Waals surface area (Å²) >= 11 is 0. The first-order valence-electron chi connectivity index (χ1n) is 6.83. The smallest absolute Gasteiger partial charge is 0.0831 e. The monoisotopic (exact) mass is 224 g/mol. The molecule has 0 radical (unpaired) electrons. The molecule has 3 fully saturated rings. The van der Waals surface area contributed by atoms with Crippen molar-refractivity contribution in [2.75, 3.05) is 26.7 Å². The molecular weight excluding hydrogens is 200 g/mol. The summed E-state index contributed by atoms with van der Waals surface area (Å²) in [6.45, 7) is 2.93. The van der Waals surface area contributed by atoms with Crippen LogP contribution < -0.4 is 5.32 Å². The van der Waals surface area contributed by atoms with Crippen molar-refractivity contribution in [3.05, 3.63) is 0 Å². The van der Waals surface area contributed by atoms with Gasteiger partial charge in [0.15, 0.2) is 0 Å². The first-order chi connectivity index (χ1) is 7.74. The van der Waals surface area contributed by atoms with E-state index in [1.54, 1.807) is 0 Å². The van der Waals surface area contributed by atoms with Gasteiger partial charge < -0.3 is 10.4 Å². The van der Waals surface area contributed by atoms with Crippen LogP contribution in [0.2, 0.25) is 0 Å². The van der Waals surface area contributed by atoms with Gasteiger partial charge in [-0.1, -0.05) is 6.42 Å². The van der Waals surface area contributed by atoms with Crippen LogP contribution >= 0.6 is 0 Å². The van der Waals surface area contributed by atoms with E-state index in [0.717, 1.165) is 30.8 Å². The van der Waals surface area contributed by atoms with Crippen molar-refractivity contribution in [1.29, 1.82) is 0 Å². The zero-order valence-corrected chi connectivity index (χ0v) is 10.2. The zero-order chi connectivity index (χ0) is 11.1. The Kier molecular flexibility index (Phi) is 2.94. The van der Waals surface area contributed by atoms with E-state index < -0.39 is 0 Å². The summed E-state index contributed by atoms with van der Waals surface area (Å²) in [5.74, 6) is 2.95. The molecule has 3 rings (SSSR count). The van der Waals surface area contributed by atoms with Crippen molar-refractivity contribution >= 4 is 0 Å². The van der Waals surface area contributed by atoms with Gasteiger partial charge in [0.25, 0.3) is 0 Å². The van der Waals surface area contributed by atoms with Gasteiger partial charge in [0.1, 0.15) is 0 Å². The molecule has 0 spiro atoms. The lowest BCUT2D eigenvalue weighted by Crippen LogP contribution is -2.43. The maximum absolute atomic E-state index is 9.86. The van der Waals surface area contributed by atoms with Crippen LogP contribution in [0.25, 0.3) is 0 Å². The molecule has 1 heterocycles. The second-order valence-corrected chi connectivity index (χ2v) is 6.17. The molecule has 5 atom stereocenters. The number of aliphatic hydroxyl groups excluding tert-OH is 1. The molecule has 3 nitrogen and oxygen atoms in total. The first-order valence-corrected chi connectivity index (χ1v) is 6.83. The molecule has 16 heavy (non-hydrogen) atoms. The highest BCUT2D eigenvalue weighted by atomic mass is 16.3. The Morgan fingerprint density at radius 3 is 2.69 bits per heavy atom. The quantitative estimate of drug-likeness (QED) is 0.740. The van der Waals surface area contributed by atoms with Crippen LogP contribution in [0, 0.1) is 17.8 Å². The molecule has 2 saturated carbocycles. The highest BCUT2D eigenvalue weighted by molar-refractivity contribution is 4.93. The SMILES string of the molecule is CN(CC1CC2CCC1C2)C1CNCC1O. The molecule has 3 aliphatic rings. The van der Waals surface area contributed by atoms with Crippen LogP contribution in [0.15, 0.2) is 0 Å². The Morgan fingerprint density at radius 1 is 1.25 bits per heavy atom. The molecule has 2 bridgehead atoms. The van der Waals surface area contributed by atoms with E-state index in [2.05, 4.69) is 17.3 Å². The van der Waals surface area contributed by atoms with E-state index in [1.165, 1.54) is 32.2 Å². The number of nitrogens with zero attached hydrogens (tertiary/aromatic N) is 1. The van der Waals surface area contributed by atoms with Crippen molar-refractivity contribution in [1.82, 2.24) is 10.2 Å². The Labute approximate surface area is 98.2 Å². The lowest BCUT2D eigenvalue weighted by molar-refractivity contribution is 0.0821. The molecule has 1 saturated heterocycles. The molecule has 0 amide bonds. The molecule has 0 aromatic carbocycles. The topological polar surface area (TPSA) is 35.5 Å². The van der Waals surface area contributed by atoms with Gasteiger partial charge in [-0.2, -0.15) is 0 Å². The summed E-state index contributed by atoms with van der Waals surface area (Å²) in [5, 5.41) is 13.1. The highest BCUT2D eigenvalue weighted by Gasteiger charge is 2.40. The van der Waals surface area contributed by atoms with Crippen LogP contribution in [0.4, 0.5) is 0 Å². The fraction of sp³-hybridized carbons (Fsp3) is 1.00. The first kappa shape index (κ1) is 11.0. The number of rotatable bonds is 3. The van der Waals surface area contributed by atoms with Crippen molar-refractivity contribution < 1.29 is 5.11 Å². The summed E-state index contributed by atoms with van der Waals surface area (Å²) in [6.07, 6.45) is 5.73. The molecule has 92 valence electrons. The van der Waals surface area contributed by atoms with Gasteiger partial charge in [-0.05, 0) is 44.1 Å². The minimum absolute atomic E-state index is 0.163. The van der Waals surface area contributed by atoms with E-state index in [0.29, 0.717) is 6.04 Å². The van der Waals surface area contributed by atoms with Crippen LogP contribution in [-0.2, 0) is 0 Å². The predicted octanol–water partition coefficient (Wildman–Crippen LogP) is 0.687. The minimum Gasteiger partial charge on any atom is -0.390 e. The molecular formula is C13H24N2O. The van der Waals surface area contributed by atoms with Crippen molar-refractivity contribution in [2.24, 2.45) is 17.8 Å². The standard InChI is InChI=1S/C13H24N2O/c1-15(12-6-14-7-13(12)16)8-11-5-9-2-3-10(11)4-9/h9-14,16H,2-8H2,1H3. The van der Waals surface area contributed by atoms with Gasteiger partial charge in [0, 0.05) is 25.7 Å². The van der Waals surface area contributed by atoms with Crippen LogP contribution in [-0.4, -0.2) is 48.8 Å². The number of nitrogens with one attached hydrogen (secondary N) is 1. The lowest BCUT2D eigenvalue weighted by atomic mass is 9.88. The fourth-order valence-corrected chi connectivity index (χ4v) is 4.21. The third kappa shape index (κ3) is 1.89. The van der Waals surface area contributed by atoms with Crippen LogP contribution in [0.1, 0.15) is 25.7 Å². The average Bonchev–Trinajstić information content (AvgIpc) is 2.92. The van der Waals surface area contributed by atoms with Gasteiger partial charge in [-0.25, -0.2) is 0 Å². The van der Waals surface area contributed by atoms with Gasteiger partial charge in [0.05, 0.1) is 6.10 Å². The zero-order valence-electron chi connectivity index (χ0n) is 10.2. The van der Waals surface area contributed by atoms with Crippen LogP contribution in [0.5, 0.6) is 0 Å². The Morgan fingerprint density at radius 2 is 2.12 bits per heavy atom. The third-order valence-electron chi connectivity index (χ3n) is 5.12. The summed E-state index contributed by atoms with van der Waals surface area (Å²) < 4.78 is 0. The molecule has 0 aromatic heterocycles. The van der Waals surface area contributed by atoms with Crippen molar-refractivity contribution in [3.63, 3.8) is 0 Å². The Bertz CT molecular complexity index is 258. The number of β-amino-alcohol motifs (C(OH)–C–C–N with tert-alkyl or cyclic N) is 1.